The maximum absolute atomic E-state index is 5.88. The molecule has 0 atom stereocenters. The molecule has 1 aromatic rings. The Hall–Kier alpha value is 1.01. The number of pyridine rings is 1. The van der Waals surface area contributed by atoms with E-state index in [-0.39, 0.29) is 0 Å². The van der Waals surface area contributed by atoms with Gasteiger partial charge < -0.3 is 0 Å². The van der Waals surface area contributed by atoms with Gasteiger partial charge in [-0.3, -0.25) is 0 Å². The van der Waals surface area contributed by atoms with Gasteiger partial charge in [-0.05, 0) is 46.2 Å². The van der Waals surface area contributed by atoms with Gasteiger partial charge in [0.1, 0.15) is 5.03 Å². The van der Waals surface area contributed by atoms with Crippen LogP contribution in [-0.2, 0) is 0 Å². The highest BCUT2D eigenvalue weighted by molar-refractivity contribution is 8.77. The zero-order chi connectivity index (χ0) is 11.5. The predicted molar refractivity (Wildman–Crippen MR) is 72.4 cm³/mol. The Kier molecular flexibility index (Phi) is 5.71. The molecule has 0 unspecified atom stereocenters. The Morgan fingerprint density at radius 1 is 1.40 bits per heavy atom. The first-order valence-corrected chi connectivity index (χ1v) is 7.64. The standard InChI is InChI=1S/C8H7Cl4NS2/c1-5-2-3-13-6(4-5)14-15-8(11,12)7(9)10/h2-4,7H,1H3. The molecule has 0 saturated heterocycles. The van der Waals surface area contributed by atoms with Crippen molar-refractivity contribution in [2.45, 2.75) is 20.5 Å². The summed E-state index contributed by atoms with van der Waals surface area (Å²) in [4.78, 5) is 3.28. The molecule has 0 saturated carbocycles. The molecule has 7 heteroatoms. The molecule has 1 rings (SSSR count). The van der Waals surface area contributed by atoms with E-state index in [0.29, 0.717) is 0 Å². The summed E-state index contributed by atoms with van der Waals surface area (Å²) in [7, 11) is 2.51. The highest BCUT2D eigenvalue weighted by Gasteiger charge is 2.33. The van der Waals surface area contributed by atoms with E-state index < -0.39 is 8.50 Å². The number of aryl methyl sites for hydroxylation is 1. The van der Waals surface area contributed by atoms with Crippen LogP contribution in [0.25, 0.3) is 0 Å². The van der Waals surface area contributed by atoms with Gasteiger partial charge >= 0.3 is 0 Å². The van der Waals surface area contributed by atoms with Crippen molar-refractivity contribution in [3.8, 4) is 0 Å². The molecule has 0 radical (unpaired) electrons. The smallest absolute Gasteiger partial charge is 0.203 e. The van der Waals surface area contributed by atoms with Crippen LogP contribution in [0.1, 0.15) is 5.56 Å². The second kappa shape index (κ2) is 6.08. The van der Waals surface area contributed by atoms with Crippen LogP contribution in [-0.4, -0.2) is 13.5 Å². The molecule has 0 fully saturated rings. The first kappa shape index (κ1) is 14.1. The van der Waals surface area contributed by atoms with Gasteiger partial charge in [-0.15, -0.1) is 23.2 Å². The summed E-state index contributed by atoms with van der Waals surface area (Å²) in [5.41, 5.74) is 1.12. The number of rotatable bonds is 4. The fraction of sp³-hybridized carbons (Fsp3) is 0.375. The van der Waals surface area contributed by atoms with Crippen molar-refractivity contribution in [3.63, 3.8) is 0 Å². The molecule has 1 aromatic heterocycles. The lowest BCUT2D eigenvalue weighted by Gasteiger charge is -2.18. The van der Waals surface area contributed by atoms with E-state index in [0.717, 1.165) is 10.6 Å². The van der Waals surface area contributed by atoms with Crippen LogP contribution in [0.3, 0.4) is 0 Å². The number of alkyl halides is 4. The summed E-state index contributed by atoms with van der Waals surface area (Å²) in [6, 6.07) is 3.84. The lowest BCUT2D eigenvalue weighted by atomic mass is 10.3. The third-order valence-corrected chi connectivity index (χ3v) is 6.68. The van der Waals surface area contributed by atoms with Crippen LogP contribution < -0.4 is 0 Å². The largest absolute Gasteiger partial charge is 0.249 e. The summed E-state index contributed by atoms with van der Waals surface area (Å²) in [6.07, 6.45) is 1.72. The van der Waals surface area contributed by atoms with E-state index in [9.17, 15) is 0 Å². The molecular formula is C8H7Cl4NS2. The third kappa shape index (κ3) is 4.80. The lowest BCUT2D eigenvalue weighted by molar-refractivity contribution is 1.12. The average molecular weight is 323 g/mol. The summed E-state index contributed by atoms with van der Waals surface area (Å²) in [5, 5.41) is 0.819. The monoisotopic (exact) mass is 321 g/mol. The van der Waals surface area contributed by atoms with E-state index in [1.807, 2.05) is 19.1 Å². The van der Waals surface area contributed by atoms with Crippen molar-refractivity contribution in [2.75, 3.05) is 0 Å². The van der Waals surface area contributed by atoms with Gasteiger partial charge in [0, 0.05) is 6.20 Å². The van der Waals surface area contributed by atoms with Gasteiger partial charge in [0.05, 0.1) is 0 Å². The maximum atomic E-state index is 5.88. The quantitative estimate of drug-likeness (QED) is 0.567. The molecule has 1 nitrogen and oxygen atoms in total. The molecule has 0 bridgehead atoms. The second-order valence-corrected chi connectivity index (χ2v) is 8.03. The van der Waals surface area contributed by atoms with Gasteiger partial charge in [-0.2, -0.15) is 0 Å². The average Bonchev–Trinajstić information content (AvgIpc) is 2.15. The van der Waals surface area contributed by atoms with Gasteiger partial charge in [-0.25, -0.2) is 4.98 Å². The van der Waals surface area contributed by atoms with Crippen molar-refractivity contribution in [1.82, 2.24) is 4.98 Å². The van der Waals surface area contributed by atoms with Crippen molar-refractivity contribution in [1.29, 1.82) is 0 Å². The number of hydrogen-bond donors (Lipinski definition) is 0. The molecule has 15 heavy (non-hydrogen) atoms. The fourth-order valence-electron chi connectivity index (χ4n) is 0.689. The van der Waals surface area contributed by atoms with E-state index >= 15 is 0 Å². The van der Waals surface area contributed by atoms with Crippen molar-refractivity contribution < 1.29 is 0 Å². The van der Waals surface area contributed by atoms with Crippen LogP contribution in [0.2, 0.25) is 0 Å². The molecule has 0 aromatic carbocycles. The van der Waals surface area contributed by atoms with Gasteiger partial charge in [-0.1, -0.05) is 23.2 Å². The first-order valence-electron chi connectivity index (χ1n) is 3.86. The summed E-state index contributed by atoms with van der Waals surface area (Å²) >= 11 is 23.0. The number of hydrogen-bond acceptors (Lipinski definition) is 3. The lowest BCUT2D eigenvalue weighted by Crippen LogP contribution is -2.15. The highest BCUT2D eigenvalue weighted by atomic mass is 35.5. The minimum Gasteiger partial charge on any atom is -0.249 e. The Bertz CT molecular complexity index is 332. The zero-order valence-electron chi connectivity index (χ0n) is 7.58. The Morgan fingerprint density at radius 2 is 2.07 bits per heavy atom. The minimum absolute atomic E-state index is 0.819. The molecule has 0 aliphatic carbocycles. The van der Waals surface area contributed by atoms with E-state index in [2.05, 4.69) is 4.98 Å². The molecule has 1 heterocycles. The van der Waals surface area contributed by atoms with Crippen LogP contribution in [0.5, 0.6) is 0 Å². The Labute approximate surface area is 117 Å². The van der Waals surface area contributed by atoms with Gasteiger partial charge in [0.2, 0.25) is 3.67 Å². The van der Waals surface area contributed by atoms with E-state index in [1.165, 1.54) is 21.6 Å². The molecule has 0 spiro atoms. The molecule has 0 aliphatic rings. The number of aromatic nitrogens is 1. The summed E-state index contributed by atoms with van der Waals surface area (Å²) in [5.74, 6) is 0. The maximum Gasteiger partial charge on any atom is 0.203 e. The number of nitrogens with zero attached hydrogens (tertiary/aromatic N) is 1. The summed E-state index contributed by atoms with van der Waals surface area (Å²) in [6.45, 7) is 1.98. The normalized spacial score (nSPS) is 12.1. The molecule has 0 amide bonds. The first-order chi connectivity index (χ1) is 6.92. The molecular weight excluding hydrogens is 316 g/mol. The topological polar surface area (TPSA) is 12.9 Å². The van der Waals surface area contributed by atoms with Gasteiger partial charge in [0.15, 0.2) is 4.84 Å². The molecule has 0 aliphatic heterocycles. The van der Waals surface area contributed by atoms with E-state index in [1.54, 1.807) is 6.20 Å². The Morgan fingerprint density at radius 3 is 2.60 bits per heavy atom. The SMILES string of the molecule is Cc1ccnc(SSC(Cl)(Cl)C(Cl)Cl)c1. The molecule has 0 N–H and O–H groups in total. The zero-order valence-corrected chi connectivity index (χ0v) is 12.2. The van der Waals surface area contributed by atoms with Crippen molar-refractivity contribution in [3.05, 3.63) is 23.9 Å². The third-order valence-electron chi connectivity index (χ3n) is 1.38. The van der Waals surface area contributed by atoms with Crippen LogP contribution in [0.4, 0.5) is 0 Å². The predicted octanol–water partition coefficient (Wildman–Crippen LogP) is 5.07. The van der Waals surface area contributed by atoms with Crippen molar-refractivity contribution >= 4 is 68.0 Å². The summed E-state index contributed by atoms with van der Waals surface area (Å²) < 4.78 is -1.24. The second-order valence-electron chi connectivity index (χ2n) is 2.70. The van der Waals surface area contributed by atoms with Crippen LogP contribution in [0.15, 0.2) is 23.4 Å². The van der Waals surface area contributed by atoms with Crippen LogP contribution in [0, 0.1) is 6.92 Å². The van der Waals surface area contributed by atoms with Crippen LogP contribution >= 0.6 is 68.0 Å². The highest BCUT2D eigenvalue weighted by Crippen LogP contribution is 2.50. The minimum atomic E-state index is -1.24. The number of halogens is 4. The molecule has 84 valence electrons. The fourth-order valence-corrected chi connectivity index (χ4v) is 3.60. The van der Waals surface area contributed by atoms with Gasteiger partial charge in [0.25, 0.3) is 0 Å². The van der Waals surface area contributed by atoms with Crippen molar-refractivity contribution in [2.24, 2.45) is 0 Å². The van der Waals surface area contributed by atoms with E-state index in [4.69, 9.17) is 46.4 Å². The Balaban J connectivity index is 2.57.